The highest BCUT2D eigenvalue weighted by Gasteiger charge is 2.45. The molecular formula is C33H39ClFN3O5. The van der Waals surface area contributed by atoms with Crippen LogP contribution in [-0.2, 0) is 15.0 Å². The molecule has 230 valence electrons. The zero-order valence-electron chi connectivity index (χ0n) is 25.4. The number of pyridine rings is 1. The number of fused-ring (bicyclic) bond motifs is 1. The van der Waals surface area contributed by atoms with Crippen LogP contribution in [-0.4, -0.2) is 62.8 Å². The van der Waals surface area contributed by atoms with Gasteiger partial charge in [-0.3, -0.25) is 14.4 Å². The summed E-state index contributed by atoms with van der Waals surface area (Å²) in [6.45, 7) is 10.7. The lowest BCUT2D eigenvalue weighted by molar-refractivity contribution is -0.157. The molecule has 1 aromatic carbocycles. The molecule has 10 heteroatoms. The van der Waals surface area contributed by atoms with Crippen LogP contribution in [0, 0.1) is 11.2 Å². The Hall–Kier alpha value is -3.46. The van der Waals surface area contributed by atoms with E-state index in [-0.39, 0.29) is 47.5 Å². The van der Waals surface area contributed by atoms with Gasteiger partial charge in [-0.1, -0.05) is 57.7 Å². The highest BCUT2D eigenvalue weighted by molar-refractivity contribution is 6.30. The van der Waals surface area contributed by atoms with E-state index in [0.717, 1.165) is 24.8 Å². The van der Waals surface area contributed by atoms with Gasteiger partial charge in [-0.15, -0.1) is 0 Å². The van der Waals surface area contributed by atoms with E-state index >= 15 is 0 Å². The molecule has 2 fully saturated rings. The molecule has 0 bridgehead atoms. The number of hydrogen-bond acceptors (Lipinski definition) is 5. The number of aliphatic carboxylic acids is 1. The second-order valence-electron chi connectivity index (χ2n) is 13.7. The van der Waals surface area contributed by atoms with Crippen molar-refractivity contribution in [3.8, 4) is 11.3 Å². The lowest BCUT2D eigenvalue weighted by Gasteiger charge is -2.47. The molecule has 1 saturated carbocycles. The SMILES string of the molecule is CC(C)(C)c1cc(-c2ccc(Cl)c(F)c2)nc2cc(C(=O)N3CCN(C(=O)CC4(C(=O)O)CCCCC4)CC3(C)C)oc12. The van der Waals surface area contributed by atoms with Gasteiger partial charge >= 0.3 is 5.97 Å². The van der Waals surface area contributed by atoms with Gasteiger partial charge in [0.05, 0.1) is 21.7 Å². The minimum atomic E-state index is -1.00. The topological polar surface area (TPSA) is 104 Å². The predicted molar refractivity (Wildman–Crippen MR) is 163 cm³/mol. The number of carboxylic acids is 1. The van der Waals surface area contributed by atoms with Crippen molar-refractivity contribution in [3.05, 3.63) is 52.5 Å². The number of carbonyl (C=O) groups is 3. The molecule has 0 unspecified atom stereocenters. The highest BCUT2D eigenvalue weighted by atomic mass is 35.5. The number of hydrogen-bond donors (Lipinski definition) is 1. The molecule has 1 aliphatic carbocycles. The Kier molecular flexibility index (Phi) is 8.09. The Labute approximate surface area is 256 Å². The highest BCUT2D eigenvalue weighted by Crippen LogP contribution is 2.41. The molecule has 8 nitrogen and oxygen atoms in total. The van der Waals surface area contributed by atoms with E-state index in [1.807, 2.05) is 40.7 Å². The third kappa shape index (κ3) is 6.01. The first-order chi connectivity index (χ1) is 20.1. The Morgan fingerprint density at radius 1 is 1.07 bits per heavy atom. The average molecular weight is 612 g/mol. The number of halogens is 2. The minimum Gasteiger partial charge on any atom is -0.481 e. The van der Waals surface area contributed by atoms with Crippen LogP contribution < -0.4 is 0 Å². The maximum Gasteiger partial charge on any atom is 0.310 e. The summed E-state index contributed by atoms with van der Waals surface area (Å²) >= 11 is 5.89. The summed E-state index contributed by atoms with van der Waals surface area (Å²) in [5.41, 5.74) is 0.808. The Bertz CT molecular complexity index is 1590. The zero-order chi connectivity index (χ0) is 31.3. The molecular weight excluding hydrogens is 573 g/mol. The molecule has 3 heterocycles. The van der Waals surface area contributed by atoms with Crippen LogP contribution in [0.4, 0.5) is 4.39 Å². The molecule has 2 aliphatic rings. The normalized spacial score (nSPS) is 18.6. The number of amides is 2. The third-order valence-corrected chi connectivity index (χ3v) is 9.27. The molecule has 0 radical (unpaired) electrons. The van der Waals surface area contributed by atoms with E-state index in [2.05, 4.69) is 0 Å². The van der Waals surface area contributed by atoms with Crippen molar-refractivity contribution in [1.82, 2.24) is 14.8 Å². The first kappa shape index (κ1) is 31.0. The van der Waals surface area contributed by atoms with Crippen LogP contribution in [0.5, 0.6) is 0 Å². The van der Waals surface area contributed by atoms with Crippen molar-refractivity contribution in [2.45, 2.75) is 84.1 Å². The number of rotatable bonds is 5. The summed E-state index contributed by atoms with van der Waals surface area (Å²) in [7, 11) is 0. The van der Waals surface area contributed by atoms with Crippen LogP contribution in [0.1, 0.15) is 89.3 Å². The lowest BCUT2D eigenvalue weighted by Crippen LogP contribution is -2.62. The summed E-state index contributed by atoms with van der Waals surface area (Å²) < 4.78 is 20.5. The summed E-state index contributed by atoms with van der Waals surface area (Å²) in [6, 6.07) is 8.00. The first-order valence-corrected chi connectivity index (χ1v) is 15.2. The van der Waals surface area contributed by atoms with Gasteiger partial charge in [-0.05, 0) is 50.3 Å². The fourth-order valence-corrected chi connectivity index (χ4v) is 6.58. The maximum atomic E-state index is 14.3. The lowest BCUT2D eigenvalue weighted by atomic mass is 9.71. The van der Waals surface area contributed by atoms with Gasteiger partial charge in [0.1, 0.15) is 11.3 Å². The molecule has 0 atom stereocenters. The smallest absolute Gasteiger partial charge is 0.310 e. The molecule has 2 aromatic heterocycles. The second-order valence-corrected chi connectivity index (χ2v) is 14.1. The second kappa shape index (κ2) is 11.2. The third-order valence-electron chi connectivity index (χ3n) is 8.97. The number of carboxylic acid groups (broad SMARTS) is 1. The summed E-state index contributed by atoms with van der Waals surface area (Å²) in [6.07, 6.45) is 3.63. The number of aromatic nitrogens is 1. The number of benzene rings is 1. The fraction of sp³-hybridized carbons (Fsp3) is 0.515. The standard InChI is InChI=1S/C33H39ClFN3O5/c1-31(2,3)21-16-24(20-9-10-22(34)23(35)15-20)36-25-17-26(43-28(21)25)29(40)38-14-13-37(19-32(38,4)5)27(39)18-33(30(41)42)11-7-6-8-12-33/h9-10,15-17H,6-8,11-14,18-19H2,1-5H3,(H,41,42). The maximum absolute atomic E-state index is 14.3. The summed E-state index contributed by atoms with van der Waals surface area (Å²) in [4.78, 5) is 47.5. The van der Waals surface area contributed by atoms with Gasteiger partial charge in [0.25, 0.3) is 5.91 Å². The van der Waals surface area contributed by atoms with Gasteiger partial charge in [-0.2, -0.15) is 0 Å². The van der Waals surface area contributed by atoms with Gasteiger partial charge in [0.15, 0.2) is 11.3 Å². The van der Waals surface area contributed by atoms with E-state index in [1.165, 1.54) is 12.1 Å². The van der Waals surface area contributed by atoms with Gasteiger partial charge < -0.3 is 19.3 Å². The van der Waals surface area contributed by atoms with Crippen LogP contribution in [0.2, 0.25) is 5.02 Å². The first-order valence-electron chi connectivity index (χ1n) is 14.8. The number of nitrogens with zero attached hydrogens (tertiary/aromatic N) is 3. The Morgan fingerprint density at radius 2 is 1.77 bits per heavy atom. The molecule has 2 amide bonds. The van der Waals surface area contributed by atoms with Crippen LogP contribution in [0.25, 0.3) is 22.4 Å². The van der Waals surface area contributed by atoms with E-state index in [4.69, 9.17) is 21.0 Å². The zero-order valence-corrected chi connectivity index (χ0v) is 26.2. The molecule has 1 saturated heterocycles. The number of carbonyl (C=O) groups excluding carboxylic acids is 2. The van der Waals surface area contributed by atoms with Gasteiger partial charge in [-0.25, -0.2) is 9.37 Å². The van der Waals surface area contributed by atoms with Crippen molar-refractivity contribution < 1.29 is 28.3 Å². The molecule has 1 N–H and O–H groups in total. The molecule has 5 rings (SSSR count). The van der Waals surface area contributed by atoms with Crippen molar-refractivity contribution in [1.29, 1.82) is 0 Å². The van der Waals surface area contributed by atoms with Gasteiger partial charge in [0.2, 0.25) is 5.91 Å². The van der Waals surface area contributed by atoms with Crippen molar-refractivity contribution in [2.24, 2.45) is 5.41 Å². The van der Waals surface area contributed by atoms with Crippen molar-refractivity contribution in [3.63, 3.8) is 0 Å². The Morgan fingerprint density at radius 3 is 2.37 bits per heavy atom. The quantitative estimate of drug-likeness (QED) is 0.331. The van der Waals surface area contributed by atoms with E-state index in [9.17, 15) is 23.9 Å². The van der Waals surface area contributed by atoms with E-state index in [0.29, 0.717) is 41.7 Å². The van der Waals surface area contributed by atoms with Crippen LogP contribution in [0.15, 0.2) is 34.7 Å². The van der Waals surface area contributed by atoms with Crippen LogP contribution in [0.3, 0.4) is 0 Å². The predicted octanol–water partition coefficient (Wildman–Crippen LogP) is 7.07. The van der Waals surface area contributed by atoms with Crippen molar-refractivity contribution in [2.75, 3.05) is 19.6 Å². The molecule has 0 spiro atoms. The summed E-state index contributed by atoms with van der Waals surface area (Å²) in [5.74, 6) is -1.81. The van der Waals surface area contributed by atoms with Crippen LogP contribution >= 0.6 is 11.6 Å². The minimum absolute atomic E-state index is 0.0168. The van der Waals surface area contributed by atoms with Gasteiger partial charge in [0, 0.05) is 43.2 Å². The van der Waals surface area contributed by atoms with E-state index < -0.39 is 22.7 Å². The molecule has 43 heavy (non-hydrogen) atoms. The monoisotopic (exact) mass is 611 g/mol. The van der Waals surface area contributed by atoms with E-state index in [1.54, 1.807) is 21.9 Å². The van der Waals surface area contributed by atoms with Crippen molar-refractivity contribution >= 4 is 40.5 Å². The fourth-order valence-electron chi connectivity index (χ4n) is 6.46. The molecule has 3 aromatic rings. The number of furan rings is 1. The number of piperazine rings is 1. The largest absolute Gasteiger partial charge is 0.481 e. The summed E-state index contributed by atoms with van der Waals surface area (Å²) in [5, 5.41) is 9.98. The average Bonchev–Trinajstić information content (AvgIpc) is 3.37. The molecule has 1 aliphatic heterocycles. The Balaban J connectivity index is 1.40.